The summed E-state index contributed by atoms with van der Waals surface area (Å²) < 4.78 is 12.8. The van der Waals surface area contributed by atoms with Gasteiger partial charge >= 0.3 is 0 Å². The molecule has 0 saturated carbocycles. The molecule has 0 bridgehead atoms. The van der Waals surface area contributed by atoms with Crippen molar-refractivity contribution in [3.05, 3.63) is 76.6 Å². The van der Waals surface area contributed by atoms with Gasteiger partial charge in [-0.3, -0.25) is 4.79 Å². The molecule has 0 fully saturated rings. The molecule has 0 aliphatic rings. The zero-order chi connectivity index (χ0) is 13.0. The van der Waals surface area contributed by atoms with Crippen LogP contribution in [0.1, 0.15) is 15.9 Å². The Morgan fingerprint density at radius 3 is 2.50 bits per heavy atom. The van der Waals surface area contributed by atoms with Crippen molar-refractivity contribution in [2.45, 2.75) is 0 Å². The van der Waals surface area contributed by atoms with E-state index >= 15 is 0 Å². The van der Waals surface area contributed by atoms with Crippen molar-refractivity contribution in [3.8, 4) is 0 Å². The SMILES string of the molecule is O=C(/C=C/c1ccc(F)cc1Cl)c1ccccc1. The standard InChI is InChI=1S/C15H10ClFO/c16-14-10-13(17)8-6-11(14)7-9-15(18)12-4-2-1-3-5-12/h1-10H/b9-7+. The number of ketones is 1. The van der Waals surface area contributed by atoms with Gasteiger partial charge in [-0.05, 0) is 29.8 Å². The van der Waals surface area contributed by atoms with E-state index in [1.807, 2.05) is 6.07 Å². The Kier molecular flexibility index (Phi) is 3.90. The average Bonchev–Trinajstić information content (AvgIpc) is 2.38. The van der Waals surface area contributed by atoms with E-state index in [1.54, 1.807) is 30.3 Å². The van der Waals surface area contributed by atoms with Crippen molar-refractivity contribution in [2.75, 3.05) is 0 Å². The lowest BCUT2D eigenvalue weighted by Crippen LogP contribution is -1.92. The van der Waals surface area contributed by atoms with Crippen LogP contribution < -0.4 is 0 Å². The van der Waals surface area contributed by atoms with E-state index in [9.17, 15) is 9.18 Å². The van der Waals surface area contributed by atoms with Gasteiger partial charge in [0, 0.05) is 5.56 Å². The van der Waals surface area contributed by atoms with Crippen LogP contribution in [-0.4, -0.2) is 5.78 Å². The lowest BCUT2D eigenvalue weighted by Gasteiger charge is -1.98. The molecule has 0 aromatic heterocycles. The van der Waals surface area contributed by atoms with Gasteiger partial charge in [0.25, 0.3) is 0 Å². The average molecular weight is 261 g/mol. The van der Waals surface area contributed by atoms with Crippen molar-refractivity contribution in [2.24, 2.45) is 0 Å². The Morgan fingerprint density at radius 1 is 1.11 bits per heavy atom. The number of hydrogen-bond acceptors (Lipinski definition) is 1. The monoisotopic (exact) mass is 260 g/mol. The molecule has 0 radical (unpaired) electrons. The smallest absolute Gasteiger partial charge is 0.185 e. The fraction of sp³-hybridized carbons (Fsp3) is 0. The van der Waals surface area contributed by atoms with Gasteiger partial charge in [0.1, 0.15) is 5.82 Å². The maximum atomic E-state index is 12.8. The minimum Gasteiger partial charge on any atom is -0.289 e. The number of rotatable bonds is 3. The molecule has 2 rings (SSSR count). The Labute approximate surface area is 110 Å². The second-order valence-electron chi connectivity index (χ2n) is 3.73. The van der Waals surface area contributed by atoms with E-state index in [0.717, 1.165) is 0 Å². The molecule has 18 heavy (non-hydrogen) atoms. The van der Waals surface area contributed by atoms with Crippen molar-refractivity contribution in [3.63, 3.8) is 0 Å². The topological polar surface area (TPSA) is 17.1 Å². The second-order valence-corrected chi connectivity index (χ2v) is 4.14. The van der Waals surface area contributed by atoms with E-state index in [2.05, 4.69) is 0 Å². The van der Waals surface area contributed by atoms with Crippen LogP contribution in [0, 0.1) is 5.82 Å². The summed E-state index contributed by atoms with van der Waals surface area (Å²) >= 11 is 5.86. The van der Waals surface area contributed by atoms with Gasteiger partial charge in [0.2, 0.25) is 0 Å². The largest absolute Gasteiger partial charge is 0.289 e. The van der Waals surface area contributed by atoms with Gasteiger partial charge in [0.15, 0.2) is 5.78 Å². The van der Waals surface area contributed by atoms with Crippen LogP contribution in [0.3, 0.4) is 0 Å². The molecule has 0 heterocycles. The normalized spacial score (nSPS) is 10.8. The summed E-state index contributed by atoms with van der Waals surface area (Å²) in [6, 6.07) is 13.0. The maximum Gasteiger partial charge on any atom is 0.185 e. The van der Waals surface area contributed by atoms with Gasteiger partial charge in [-0.15, -0.1) is 0 Å². The number of carbonyl (C=O) groups excluding carboxylic acids is 1. The van der Waals surface area contributed by atoms with Crippen LogP contribution in [0.15, 0.2) is 54.6 Å². The summed E-state index contributed by atoms with van der Waals surface area (Å²) in [5.41, 5.74) is 1.22. The number of benzene rings is 2. The molecule has 1 nitrogen and oxygen atoms in total. The summed E-state index contributed by atoms with van der Waals surface area (Å²) in [6.07, 6.45) is 3.01. The number of allylic oxidation sites excluding steroid dienone is 1. The minimum absolute atomic E-state index is 0.115. The first-order chi connectivity index (χ1) is 8.66. The lowest BCUT2D eigenvalue weighted by molar-refractivity contribution is 0.104. The predicted octanol–water partition coefficient (Wildman–Crippen LogP) is 4.38. The Hall–Kier alpha value is -1.93. The third-order valence-electron chi connectivity index (χ3n) is 2.44. The predicted molar refractivity (Wildman–Crippen MR) is 71.2 cm³/mol. The highest BCUT2D eigenvalue weighted by Gasteiger charge is 2.02. The lowest BCUT2D eigenvalue weighted by atomic mass is 10.1. The zero-order valence-corrected chi connectivity index (χ0v) is 10.2. The van der Waals surface area contributed by atoms with Crippen molar-refractivity contribution in [1.82, 2.24) is 0 Å². The maximum absolute atomic E-state index is 12.8. The highest BCUT2D eigenvalue weighted by molar-refractivity contribution is 6.32. The number of halogens is 2. The van der Waals surface area contributed by atoms with Crippen LogP contribution in [0.2, 0.25) is 5.02 Å². The summed E-state index contributed by atoms with van der Waals surface area (Å²) in [5, 5.41) is 0.284. The first kappa shape index (κ1) is 12.5. The molecule has 0 atom stereocenters. The molecule has 2 aromatic carbocycles. The molecular formula is C15H10ClFO. The summed E-state index contributed by atoms with van der Waals surface area (Å²) in [5.74, 6) is -0.512. The van der Waals surface area contributed by atoms with Gasteiger partial charge < -0.3 is 0 Å². The van der Waals surface area contributed by atoms with Crippen LogP contribution in [0.5, 0.6) is 0 Å². The van der Waals surface area contributed by atoms with Gasteiger partial charge in [-0.2, -0.15) is 0 Å². The fourth-order valence-corrected chi connectivity index (χ4v) is 1.73. The minimum atomic E-state index is -0.397. The van der Waals surface area contributed by atoms with E-state index in [0.29, 0.717) is 11.1 Å². The summed E-state index contributed by atoms with van der Waals surface area (Å²) in [6.45, 7) is 0. The van der Waals surface area contributed by atoms with Crippen LogP contribution in [0.25, 0.3) is 6.08 Å². The molecule has 0 amide bonds. The van der Waals surface area contributed by atoms with Crippen molar-refractivity contribution in [1.29, 1.82) is 0 Å². The number of carbonyl (C=O) groups is 1. The summed E-state index contributed by atoms with van der Waals surface area (Å²) in [7, 11) is 0. The molecule has 3 heteroatoms. The van der Waals surface area contributed by atoms with Crippen molar-refractivity contribution >= 4 is 23.5 Å². The van der Waals surface area contributed by atoms with E-state index in [1.165, 1.54) is 24.3 Å². The van der Waals surface area contributed by atoms with Crippen LogP contribution in [0.4, 0.5) is 4.39 Å². The molecule has 0 saturated heterocycles. The molecule has 0 unspecified atom stereocenters. The molecule has 0 spiro atoms. The van der Waals surface area contributed by atoms with Gasteiger partial charge in [-0.1, -0.05) is 48.0 Å². The second kappa shape index (κ2) is 5.61. The van der Waals surface area contributed by atoms with E-state index < -0.39 is 5.82 Å². The zero-order valence-electron chi connectivity index (χ0n) is 9.44. The fourth-order valence-electron chi connectivity index (χ4n) is 1.50. The van der Waals surface area contributed by atoms with Crippen LogP contribution in [-0.2, 0) is 0 Å². The molecule has 2 aromatic rings. The third kappa shape index (κ3) is 3.05. The van der Waals surface area contributed by atoms with Crippen molar-refractivity contribution < 1.29 is 9.18 Å². The molecule has 0 N–H and O–H groups in total. The first-order valence-corrected chi connectivity index (χ1v) is 5.77. The third-order valence-corrected chi connectivity index (χ3v) is 2.76. The molecule has 0 aliphatic heterocycles. The van der Waals surface area contributed by atoms with Crippen LogP contribution >= 0.6 is 11.6 Å². The van der Waals surface area contributed by atoms with Gasteiger partial charge in [0.05, 0.1) is 5.02 Å². The Morgan fingerprint density at radius 2 is 1.83 bits per heavy atom. The first-order valence-electron chi connectivity index (χ1n) is 5.39. The van der Waals surface area contributed by atoms with E-state index in [4.69, 9.17) is 11.6 Å². The molecule has 0 aliphatic carbocycles. The quantitative estimate of drug-likeness (QED) is 0.591. The van der Waals surface area contributed by atoms with E-state index in [-0.39, 0.29) is 10.8 Å². The number of hydrogen-bond donors (Lipinski definition) is 0. The summed E-state index contributed by atoms with van der Waals surface area (Å²) in [4.78, 5) is 11.8. The Balaban J connectivity index is 2.19. The molecule has 90 valence electrons. The Bertz CT molecular complexity index is 591. The molecular weight excluding hydrogens is 251 g/mol. The van der Waals surface area contributed by atoms with Gasteiger partial charge in [-0.25, -0.2) is 4.39 Å². The highest BCUT2D eigenvalue weighted by atomic mass is 35.5. The highest BCUT2D eigenvalue weighted by Crippen LogP contribution is 2.18.